The number of carbonyl (C=O) groups excluding carboxylic acids is 1. The summed E-state index contributed by atoms with van der Waals surface area (Å²) < 4.78 is 8.35. The quantitative estimate of drug-likeness (QED) is 0.662. The van der Waals surface area contributed by atoms with E-state index in [9.17, 15) is 4.79 Å². The minimum atomic E-state index is -0.235. The maximum atomic E-state index is 13.0. The minimum absolute atomic E-state index is 0.0537. The molecule has 3 aromatic rings. The summed E-state index contributed by atoms with van der Waals surface area (Å²) in [6.45, 7) is 5.04. The molecule has 1 atom stereocenters. The second-order valence-corrected chi connectivity index (χ2v) is 7.69. The molecule has 1 aliphatic rings. The lowest BCUT2D eigenvalue weighted by Gasteiger charge is -2.41. The zero-order valence-corrected chi connectivity index (χ0v) is 17.0. The van der Waals surface area contributed by atoms with Gasteiger partial charge in [-0.2, -0.15) is 0 Å². The number of ether oxygens (including phenoxy) is 1. The lowest BCUT2D eigenvalue weighted by Crippen LogP contribution is -2.44. The van der Waals surface area contributed by atoms with Gasteiger partial charge >= 0.3 is 0 Å². The summed E-state index contributed by atoms with van der Waals surface area (Å²) in [5, 5.41) is 3.25. The summed E-state index contributed by atoms with van der Waals surface area (Å²) in [4.78, 5) is 17.0. The second-order valence-electron chi connectivity index (χ2n) is 7.69. The summed E-state index contributed by atoms with van der Waals surface area (Å²) in [5.41, 5.74) is 2.62. The first-order valence-electron chi connectivity index (χ1n) is 10.3. The van der Waals surface area contributed by atoms with Gasteiger partial charge in [0.15, 0.2) is 0 Å². The van der Waals surface area contributed by atoms with Crippen LogP contribution in [0.25, 0.3) is 0 Å². The van der Waals surface area contributed by atoms with Crippen molar-refractivity contribution in [1.82, 2.24) is 14.9 Å². The Hall–Kier alpha value is -3.08. The van der Waals surface area contributed by atoms with Gasteiger partial charge in [0, 0.05) is 36.5 Å². The van der Waals surface area contributed by atoms with Crippen molar-refractivity contribution in [2.75, 3.05) is 0 Å². The van der Waals surface area contributed by atoms with Gasteiger partial charge in [0.05, 0.1) is 12.4 Å². The van der Waals surface area contributed by atoms with Crippen molar-refractivity contribution in [1.29, 1.82) is 0 Å². The third-order valence-corrected chi connectivity index (χ3v) is 5.93. The van der Waals surface area contributed by atoms with E-state index in [-0.39, 0.29) is 17.6 Å². The molecule has 2 aromatic carbocycles. The average molecular weight is 389 g/mol. The predicted molar refractivity (Wildman–Crippen MR) is 113 cm³/mol. The third-order valence-electron chi connectivity index (χ3n) is 5.93. The Kier molecular flexibility index (Phi) is 5.38. The fourth-order valence-corrected chi connectivity index (χ4v) is 4.02. The molecule has 1 aromatic heterocycles. The van der Waals surface area contributed by atoms with E-state index in [1.54, 1.807) is 12.5 Å². The normalized spacial score (nSPS) is 17.2. The number of nitrogens with one attached hydrogen (secondary N) is 1. The van der Waals surface area contributed by atoms with Crippen LogP contribution >= 0.6 is 0 Å². The van der Waals surface area contributed by atoms with Crippen molar-refractivity contribution >= 4 is 5.91 Å². The number of rotatable bonds is 6. The zero-order valence-electron chi connectivity index (χ0n) is 17.0. The van der Waals surface area contributed by atoms with Crippen molar-refractivity contribution in [3.8, 4) is 5.75 Å². The van der Waals surface area contributed by atoms with Crippen LogP contribution in [0, 0.1) is 0 Å². The van der Waals surface area contributed by atoms with Crippen molar-refractivity contribution < 1.29 is 9.53 Å². The molecule has 0 bridgehead atoms. The van der Waals surface area contributed by atoms with Gasteiger partial charge in [0.25, 0.3) is 5.91 Å². The van der Waals surface area contributed by atoms with E-state index in [1.807, 2.05) is 59.3 Å². The molecule has 1 amide bonds. The van der Waals surface area contributed by atoms with Crippen molar-refractivity contribution in [2.24, 2.45) is 0 Å². The average Bonchev–Trinajstić information content (AvgIpc) is 3.27. The number of nitrogens with zero attached hydrogens (tertiary/aromatic N) is 2. The number of imidazole rings is 1. The van der Waals surface area contributed by atoms with Gasteiger partial charge in [-0.05, 0) is 36.6 Å². The van der Waals surface area contributed by atoms with E-state index < -0.39 is 0 Å². The molecular formula is C24H27N3O2. The highest BCUT2D eigenvalue weighted by Gasteiger charge is 2.38. The number of aromatic nitrogens is 2. The Balaban J connectivity index is 1.51. The Morgan fingerprint density at radius 1 is 1.17 bits per heavy atom. The Morgan fingerprint density at radius 3 is 2.62 bits per heavy atom. The van der Waals surface area contributed by atoms with Gasteiger partial charge in [-0.25, -0.2) is 4.98 Å². The maximum Gasteiger partial charge on any atom is 0.251 e. The molecule has 29 heavy (non-hydrogen) atoms. The van der Waals surface area contributed by atoms with E-state index >= 15 is 0 Å². The number of amides is 1. The first kappa shape index (κ1) is 19.2. The first-order chi connectivity index (χ1) is 14.1. The zero-order chi connectivity index (χ0) is 20.3. The van der Waals surface area contributed by atoms with E-state index in [4.69, 9.17) is 4.74 Å². The van der Waals surface area contributed by atoms with Crippen LogP contribution in [0.1, 0.15) is 60.6 Å². The highest BCUT2D eigenvalue weighted by molar-refractivity contribution is 5.94. The summed E-state index contributed by atoms with van der Waals surface area (Å²) in [6, 6.07) is 15.7. The molecule has 1 aliphatic heterocycles. The van der Waals surface area contributed by atoms with Crippen LogP contribution in [0.5, 0.6) is 5.75 Å². The van der Waals surface area contributed by atoms with Crippen LogP contribution in [-0.4, -0.2) is 21.1 Å². The summed E-state index contributed by atoms with van der Waals surface area (Å²) >= 11 is 0. The van der Waals surface area contributed by atoms with Crippen LogP contribution < -0.4 is 10.1 Å². The number of hydrogen-bond acceptors (Lipinski definition) is 3. The molecule has 0 saturated carbocycles. The van der Waals surface area contributed by atoms with Crippen LogP contribution in [0.2, 0.25) is 0 Å². The fraction of sp³-hybridized carbons (Fsp3) is 0.333. The standard InChI is InChI=1S/C24H27N3O2/c1-3-24(4-2)15-21(20-7-5-6-8-22(20)29-24)26-23(28)19-11-9-18(10-12-19)16-27-14-13-25-17-27/h5-14,17,21H,3-4,15-16H2,1-2H3,(H,26,28)/t21-/m1/s1. The molecule has 0 fully saturated rings. The van der Waals surface area contributed by atoms with Crippen LogP contribution in [0.3, 0.4) is 0 Å². The maximum absolute atomic E-state index is 13.0. The predicted octanol–water partition coefficient (Wildman–Crippen LogP) is 4.74. The monoisotopic (exact) mass is 389 g/mol. The number of para-hydroxylation sites is 1. The van der Waals surface area contributed by atoms with Crippen molar-refractivity contribution in [3.63, 3.8) is 0 Å². The lowest BCUT2D eigenvalue weighted by molar-refractivity contribution is 0.0227. The molecule has 0 saturated heterocycles. The smallest absolute Gasteiger partial charge is 0.251 e. The first-order valence-corrected chi connectivity index (χ1v) is 10.3. The number of hydrogen-bond donors (Lipinski definition) is 1. The molecule has 0 spiro atoms. The molecule has 2 heterocycles. The van der Waals surface area contributed by atoms with Gasteiger partial charge in [0.1, 0.15) is 11.4 Å². The van der Waals surface area contributed by atoms with Gasteiger partial charge in [-0.15, -0.1) is 0 Å². The highest BCUT2D eigenvalue weighted by Crippen LogP contribution is 2.42. The molecule has 0 radical (unpaired) electrons. The van der Waals surface area contributed by atoms with Crippen LogP contribution in [-0.2, 0) is 6.54 Å². The molecule has 5 heteroatoms. The second kappa shape index (κ2) is 8.11. The number of carbonyl (C=O) groups is 1. The SMILES string of the molecule is CCC1(CC)C[C@@H](NC(=O)c2ccc(Cn3ccnc3)cc2)c2ccccc2O1. The van der Waals surface area contributed by atoms with E-state index in [0.29, 0.717) is 5.56 Å². The molecule has 4 rings (SSSR count). The number of benzene rings is 2. The van der Waals surface area contributed by atoms with Gasteiger partial charge < -0.3 is 14.6 Å². The molecule has 0 unspecified atom stereocenters. The third kappa shape index (κ3) is 4.04. The fourth-order valence-electron chi connectivity index (χ4n) is 4.02. The molecule has 0 aliphatic carbocycles. The van der Waals surface area contributed by atoms with Gasteiger partial charge in [-0.3, -0.25) is 4.79 Å². The lowest BCUT2D eigenvalue weighted by atomic mass is 9.83. The van der Waals surface area contributed by atoms with Crippen molar-refractivity contribution in [3.05, 3.63) is 83.9 Å². The van der Waals surface area contributed by atoms with Crippen LogP contribution in [0.4, 0.5) is 0 Å². The largest absolute Gasteiger partial charge is 0.487 e. The Bertz CT molecular complexity index is 960. The molecular weight excluding hydrogens is 362 g/mol. The van der Waals surface area contributed by atoms with Crippen LogP contribution in [0.15, 0.2) is 67.3 Å². The minimum Gasteiger partial charge on any atom is -0.487 e. The molecule has 5 nitrogen and oxygen atoms in total. The molecule has 150 valence electrons. The van der Waals surface area contributed by atoms with E-state index in [2.05, 4.69) is 24.1 Å². The van der Waals surface area contributed by atoms with Gasteiger partial charge in [0.2, 0.25) is 0 Å². The summed E-state index contributed by atoms with van der Waals surface area (Å²) in [7, 11) is 0. The van der Waals surface area contributed by atoms with E-state index in [0.717, 1.165) is 42.7 Å². The van der Waals surface area contributed by atoms with Gasteiger partial charge in [-0.1, -0.05) is 44.2 Å². The summed E-state index contributed by atoms with van der Waals surface area (Å²) in [6.07, 6.45) is 8.08. The highest BCUT2D eigenvalue weighted by atomic mass is 16.5. The van der Waals surface area contributed by atoms with E-state index in [1.165, 1.54) is 0 Å². The Labute approximate surface area is 171 Å². The molecule has 1 N–H and O–H groups in total. The topological polar surface area (TPSA) is 56.2 Å². The van der Waals surface area contributed by atoms with Crippen molar-refractivity contribution in [2.45, 2.75) is 51.3 Å². The Morgan fingerprint density at radius 2 is 1.93 bits per heavy atom. The summed E-state index contributed by atoms with van der Waals surface area (Å²) in [5.74, 6) is 0.824. The number of fused-ring (bicyclic) bond motifs is 1.